The molecule has 0 aromatic rings. The van der Waals surface area contributed by atoms with E-state index in [1.807, 2.05) is 6.92 Å². The van der Waals surface area contributed by atoms with Crippen LogP contribution in [0.5, 0.6) is 0 Å². The summed E-state index contributed by atoms with van der Waals surface area (Å²) in [5.74, 6) is -0.435. The Morgan fingerprint density at radius 2 is 1.42 bits per heavy atom. The maximum absolute atomic E-state index is 11.7. The second-order valence-corrected chi connectivity index (χ2v) is 6.98. The highest BCUT2D eigenvalue weighted by molar-refractivity contribution is 5.72. The fraction of sp³-hybridized carbons (Fsp3) is 0.818. The molecule has 1 atom stereocenters. The molecule has 0 N–H and O–H groups in total. The smallest absolute Gasteiger partial charge is 0.306 e. The molecule has 4 heteroatoms. The summed E-state index contributed by atoms with van der Waals surface area (Å²) in [7, 11) is 0. The number of rotatable bonds is 17. The van der Waals surface area contributed by atoms with Crippen LogP contribution in [0.1, 0.15) is 104 Å². The Morgan fingerprint density at radius 3 is 2.12 bits per heavy atom. The normalized spacial score (nSPS) is 12.3. The quantitative estimate of drug-likeness (QED) is 0.176. The molecule has 0 aromatic heterocycles. The average molecular weight is 369 g/mol. The number of ether oxygens (including phenoxy) is 2. The molecule has 0 heterocycles. The molecule has 0 aliphatic heterocycles. The van der Waals surface area contributed by atoms with Gasteiger partial charge in [0.2, 0.25) is 0 Å². The molecule has 0 saturated heterocycles. The van der Waals surface area contributed by atoms with Gasteiger partial charge >= 0.3 is 11.9 Å². The third kappa shape index (κ3) is 17.5. The molecule has 0 amide bonds. The van der Waals surface area contributed by atoms with Gasteiger partial charge in [-0.05, 0) is 51.9 Å². The van der Waals surface area contributed by atoms with E-state index in [1.165, 1.54) is 25.7 Å². The summed E-state index contributed by atoms with van der Waals surface area (Å²) in [4.78, 5) is 23.3. The van der Waals surface area contributed by atoms with E-state index >= 15 is 0 Å². The molecule has 0 spiro atoms. The van der Waals surface area contributed by atoms with Crippen molar-refractivity contribution in [1.29, 1.82) is 0 Å². The Bertz CT molecular complexity index is 376. The lowest BCUT2D eigenvalue weighted by atomic mass is 10.1. The van der Waals surface area contributed by atoms with Crippen LogP contribution in [-0.2, 0) is 19.1 Å². The van der Waals surface area contributed by atoms with Crippen LogP contribution in [0.2, 0.25) is 0 Å². The van der Waals surface area contributed by atoms with Crippen LogP contribution in [0, 0.1) is 0 Å². The topological polar surface area (TPSA) is 52.6 Å². The van der Waals surface area contributed by atoms with E-state index in [1.54, 1.807) is 0 Å². The summed E-state index contributed by atoms with van der Waals surface area (Å²) >= 11 is 0. The molecule has 0 rings (SSSR count). The number of esters is 2. The Labute approximate surface area is 160 Å². The summed E-state index contributed by atoms with van der Waals surface area (Å²) in [5.41, 5.74) is 0. The molecule has 0 aliphatic carbocycles. The molecular formula is C22H40O4. The molecule has 0 fully saturated rings. The average Bonchev–Trinajstić information content (AvgIpc) is 2.60. The van der Waals surface area contributed by atoms with Crippen molar-refractivity contribution < 1.29 is 19.1 Å². The molecule has 0 bridgehead atoms. The van der Waals surface area contributed by atoms with E-state index in [0.29, 0.717) is 13.0 Å². The second kappa shape index (κ2) is 18.5. The molecule has 26 heavy (non-hydrogen) atoms. The zero-order valence-electron chi connectivity index (χ0n) is 17.3. The van der Waals surface area contributed by atoms with E-state index in [9.17, 15) is 9.59 Å². The predicted molar refractivity (Wildman–Crippen MR) is 107 cm³/mol. The van der Waals surface area contributed by atoms with E-state index in [2.05, 4.69) is 26.0 Å². The first kappa shape index (κ1) is 24.7. The van der Waals surface area contributed by atoms with Crippen LogP contribution < -0.4 is 0 Å². The number of carbonyl (C=O) groups excluding carboxylic acids is 2. The number of carbonyl (C=O) groups is 2. The first-order valence-corrected chi connectivity index (χ1v) is 10.6. The summed E-state index contributed by atoms with van der Waals surface area (Å²) in [5, 5.41) is 0. The van der Waals surface area contributed by atoms with Gasteiger partial charge in [0.25, 0.3) is 0 Å². The fourth-order valence-electron chi connectivity index (χ4n) is 2.61. The minimum absolute atomic E-state index is 0.0315. The maximum atomic E-state index is 11.7. The lowest BCUT2D eigenvalue weighted by molar-refractivity contribution is -0.149. The molecule has 4 nitrogen and oxygen atoms in total. The summed E-state index contributed by atoms with van der Waals surface area (Å²) in [6.07, 6.45) is 16.5. The SMILES string of the molecule is CCCCC/C=C/CCCOC(=O)CCCC(=O)OC(C)CCCCC. The van der Waals surface area contributed by atoms with Gasteiger partial charge in [-0.15, -0.1) is 0 Å². The van der Waals surface area contributed by atoms with Gasteiger partial charge in [-0.2, -0.15) is 0 Å². The molecule has 0 radical (unpaired) electrons. The Balaban J connectivity index is 3.51. The number of hydrogen-bond donors (Lipinski definition) is 0. The van der Waals surface area contributed by atoms with Crippen LogP contribution in [-0.4, -0.2) is 24.6 Å². The molecule has 1 unspecified atom stereocenters. The highest BCUT2D eigenvalue weighted by Gasteiger charge is 2.10. The van der Waals surface area contributed by atoms with Crippen molar-refractivity contribution in [2.24, 2.45) is 0 Å². The van der Waals surface area contributed by atoms with Crippen molar-refractivity contribution in [2.45, 2.75) is 110 Å². The standard InChI is InChI=1S/C22H40O4/c1-4-6-8-9-10-11-12-14-19-25-21(23)17-15-18-22(24)26-20(3)16-13-7-5-2/h10-11,20H,4-9,12-19H2,1-3H3/b11-10+. The zero-order chi connectivity index (χ0) is 19.5. The number of unbranched alkanes of at least 4 members (excludes halogenated alkanes) is 6. The van der Waals surface area contributed by atoms with Gasteiger partial charge in [0.05, 0.1) is 12.7 Å². The number of allylic oxidation sites excluding steroid dienone is 2. The predicted octanol–water partition coefficient (Wildman–Crippen LogP) is 6.13. The van der Waals surface area contributed by atoms with Gasteiger partial charge in [0.15, 0.2) is 0 Å². The van der Waals surface area contributed by atoms with E-state index in [0.717, 1.165) is 38.5 Å². The van der Waals surface area contributed by atoms with Crippen LogP contribution in [0.15, 0.2) is 12.2 Å². The third-order valence-corrected chi connectivity index (χ3v) is 4.23. The molecular weight excluding hydrogens is 328 g/mol. The van der Waals surface area contributed by atoms with Crippen molar-refractivity contribution in [1.82, 2.24) is 0 Å². The van der Waals surface area contributed by atoms with E-state index < -0.39 is 0 Å². The van der Waals surface area contributed by atoms with Crippen molar-refractivity contribution in [3.05, 3.63) is 12.2 Å². The van der Waals surface area contributed by atoms with Gasteiger partial charge in [0.1, 0.15) is 0 Å². The van der Waals surface area contributed by atoms with Gasteiger partial charge in [-0.3, -0.25) is 9.59 Å². The highest BCUT2D eigenvalue weighted by atomic mass is 16.5. The second-order valence-electron chi connectivity index (χ2n) is 6.98. The van der Waals surface area contributed by atoms with E-state index in [4.69, 9.17) is 9.47 Å². The Hall–Kier alpha value is -1.32. The minimum atomic E-state index is -0.222. The largest absolute Gasteiger partial charge is 0.466 e. The highest BCUT2D eigenvalue weighted by Crippen LogP contribution is 2.09. The molecule has 0 saturated carbocycles. The van der Waals surface area contributed by atoms with Crippen molar-refractivity contribution in [3.63, 3.8) is 0 Å². The minimum Gasteiger partial charge on any atom is -0.466 e. The van der Waals surface area contributed by atoms with Gasteiger partial charge in [-0.25, -0.2) is 0 Å². The summed E-state index contributed by atoms with van der Waals surface area (Å²) in [6, 6.07) is 0. The Kier molecular flexibility index (Phi) is 17.5. The fourth-order valence-corrected chi connectivity index (χ4v) is 2.61. The molecule has 152 valence electrons. The van der Waals surface area contributed by atoms with Crippen LogP contribution >= 0.6 is 0 Å². The van der Waals surface area contributed by atoms with Crippen molar-refractivity contribution in [2.75, 3.05) is 6.61 Å². The summed E-state index contributed by atoms with van der Waals surface area (Å²) in [6.45, 7) is 6.74. The zero-order valence-corrected chi connectivity index (χ0v) is 17.3. The molecule has 0 aliphatic rings. The monoisotopic (exact) mass is 368 g/mol. The maximum Gasteiger partial charge on any atom is 0.306 e. The van der Waals surface area contributed by atoms with E-state index in [-0.39, 0.29) is 30.9 Å². The van der Waals surface area contributed by atoms with Crippen LogP contribution in [0.4, 0.5) is 0 Å². The third-order valence-electron chi connectivity index (χ3n) is 4.23. The first-order chi connectivity index (χ1) is 12.6. The first-order valence-electron chi connectivity index (χ1n) is 10.6. The lowest BCUT2D eigenvalue weighted by Crippen LogP contribution is -2.15. The van der Waals surface area contributed by atoms with Crippen LogP contribution in [0.25, 0.3) is 0 Å². The Morgan fingerprint density at radius 1 is 0.808 bits per heavy atom. The molecule has 0 aromatic carbocycles. The van der Waals surface area contributed by atoms with Gasteiger partial charge in [-0.1, -0.05) is 51.7 Å². The van der Waals surface area contributed by atoms with Crippen molar-refractivity contribution in [3.8, 4) is 0 Å². The van der Waals surface area contributed by atoms with Gasteiger partial charge < -0.3 is 9.47 Å². The van der Waals surface area contributed by atoms with Crippen molar-refractivity contribution >= 4 is 11.9 Å². The number of hydrogen-bond acceptors (Lipinski definition) is 4. The summed E-state index contributed by atoms with van der Waals surface area (Å²) < 4.78 is 10.5. The van der Waals surface area contributed by atoms with Crippen LogP contribution in [0.3, 0.4) is 0 Å². The van der Waals surface area contributed by atoms with Gasteiger partial charge in [0, 0.05) is 12.8 Å². The lowest BCUT2D eigenvalue weighted by Gasteiger charge is -2.12.